The number of carboxylic acid groups (broad SMARTS) is 1. The summed E-state index contributed by atoms with van der Waals surface area (Å²) in [5, 5.41) is 8.51. The molecule has 0 fully saturated rings. The number of carbonyl (C=O) groups excluding carboxylic acids is 2. The van der Waals surface area contributed by atoms with Crippen molar-refractivity contribution in [3.8, 4) is 17.2 Å². The van der Waals surface area contributed by atoms with Crippen molar-refractivity contribution in [3.05, 3.63) is 91.0 Å². The normalized spacial score (nSPS) is 11.4. The molecule has 0 spiro atoms. The molecule has 3 rings (SSSR count). The Bertz CT molecular complexity index is 1390. The minimum absolute atomic E-state index is 0.103. The Hall–Kier alpha value is -4.53. The number of unbranched alkanes of at least 4 members (excludes halogenated alkanes) is 11. The summed E-state index contributed by atoms with van der Waals surface area (Å²) in [6.45, 7) is 6.49. The highest BCUT2D eigenvalue weighted by Crippen LogP contribution is 2.17. The molecule has 0 amide bonds. The third-order valence-corrected chi connectivity index (χ3v) is 9.49. The van der Waals surface area contributed by atoms with E-state index < -0.39 is 5.97 Å². The molecule has 0 saturated carbocycles. The van der Waals surface area contributed by atoms with Crippen molar-refractivity contribution in [1.82, 2.24) is 0 Å². The number of benzene rings is 3. The highest BCUT2D eigenvalue weighted by Gasteiger charge is 2.09. The average molecular weight is 807 g/mol. The van der Waals surface area contributed by atoms with Crippen molar-refractivity contribution >= 4 is 17.9 Å². The number of carbonyl (C=O) groups is 3. The lowest BCUT2D eigenvalue weighted by Crippen LogP contribution is -2.07. The maximum Gasteiger partial charge on any atom is 0.305 e. The highest BCUT2D eigenvalue weighted by atomic mass is 16.5. The van der Waals surface area contributed by atoms with Gasteiger partial charge >= 0.3 is 17.9 Å². The number of hydrogen-bond acceptors (Lipinski definition) is 8. The lowest BCUT2D eigenvalue weighted by molar-refractivity contribution is -0.142. The fourth-order valence-corrected chi connectivity index (χ4v) is 6.04. The van der Waals surface area contributed by atoms with E-state index in [1.54, 1.807) is 0 Å². The topological polar surface area (TPSA) is 118 Å². The molecule has 0 aliphatic carbocycles. The number of rotatable bonds is 30. The Labute approximate surface area is 350 Å². The van der Waals surface area contributed by atoms with Gasteiger partial charge in [0, 0.05) is 19.3 Å². The summed E-state index contributed by atoms with van der Waals surface area (Å²) in [5.74, 6) is 2.71. The van der Waals surface area contributed by atoms with Gasteiger partial charge < -0.3 is 28.8 Å². The molecule has 0 heterocycles. The second-order valence-corrected chi connectivity index (χ2v) is 14.9. The standard InChI is InChI=1S/2C17H26O3.C15H22O3/c1-15(14-17(18)19-2)10-6-3-4-9-13-20-16-11-7-5-8-12-16;18-17(19)14-10-5-3-1-2-4-6-11-15-20-16-12-8-7-9-13-16;1-13(12-15(16)17-2)8-6-7-11-18-14-9-4-3-5-10-14/h5,7-8,11-12,15H,3-4,6,9-10,13-14H2,1-2H3;7-9,12-13H,1-6,10-11,14-15H2,(H,18,19);3-5,9-10,13H,6-8,11-12H2,1-2H3. The second-order valence-electron chi connectivity index (χ2n) is 14.9. The summed E-state index contributed by atoms with van der Waals surface area (Å²) in [6.07, 6.45) is 19.3. The summed E-state index contributed by atoms with van der Waals surface area (Å²) >= 11 is 0. The van der Waals surface area contributed by atoms with Crippen LogP contribution in [0.5, 0.6) is 17.2 Å². The largest absolute Gasteiger partial charge is 0.494 e. The Morgan fingerprint density at radius 1 is 0.448 bits per heavy atom. The van der Waals surface area contributed by atoms with Crippen LogP contribution >= 0.6 is 0 Å². The fraction of sp³-hybridized carbons (Fsp3) is 0.571. The Morgan fingerprint density at radius 2 is 0.741 bits per heavy atom. The summed E-state index contributed by atoms with van der Waals surface area (Å²) in [7, 11) is 2.88. The molecule has 0 aliphatic rings. The summed E-state index contributed by atoms with van der Waals surface area (Å²) in [6, 6.07) is 29.7. The van der Waals surface area contributed by atoms with Crippen LogP contribution in [0.25, 0.3) is 0 Å². The number of ether oxygens (including phenoxy) is 5. The molecule has 324 valence electrons. The molecule has 9 nitrogen and oxygen atoms in total. The maximum atomic E-state index is 11.1. The van der Waals surface area contributed by atoms with E-state index >= 15 is 0 Å². The molecular weight excluding hydrogens is 733 g/mol. The molecule has 2 unspecified atom stereocenters. The molecule has 0 bridgehead atoms. The lowest BCUT2D eigenvalue weighted by Gasteiger charge is -2.10. The lowest BCUT2D eigenvalue weighted by atomic mass is 9.99. The molecule has 58 heavy (non-hydrogen) atoms. The molecule has 0 radical (unpaired) electrons. The van der Waals surface area contributed by atoms with Gasteiger partial charge in [-0.25, -0.2) is 0 Å². The van der Waals surface area contributed by atoms with Crippen LogP contribution in [0.1, 0.15) is 136 Å². The minimum Gasteiger partial charge on any atom is -0.494 e. The predicted molar refractivity (Wildman–Crippen MR) is 234 cm³/mol. The van der Waals surface area contributed by atoms with E-state index in [0.29, 0.717) is 31.1 Å². The molecule has 0 saturated heterocycles. The van der Waals surface area contributed by atoms with Crippen LogP contribution in [0, 0.1) is 11.8 Å². The molecular formula is C49H74O9. The molecule has 3 aromatic carbocycles. The predicted octanol–water partition coefficient (Wildman–Crippen LogP) is 12.3. The van der Waals surface area contributed by atoms with E-state index in [1.165, 1.54) is 59.2 Å². The van der Waals surface area contributed by atoms with Crippen molar-refractivity contribution < 1.29 is 43.2 Å². The van der Waals surface area contributed by atoms with Crippen LogP contribution < -0.4 is 14.2 Å². The van der Waals surface area contributed by atoms with E-state index in [2.05, 4.69) is 23.3 Å². The first-order valence-corrected chi connectivity index (χ1v) is 21.6. The van der Waals surface area contributed by atoms with Gasteiger partial charge in [0.15, 0.2) is 0 Å². The number of carboxylic acids is 1. The van der Waals surface area contributed by atoms with Gasteiger partial charge in [-0.05, 0) is 80.3 Å². The summed E-state index contributed by atoms with van der Waals surface area (Å²) < 4.78 is 26.2. The van der Waals surface area contributed by atoms with Crippen LogP contribution in [0.15, 0.2) is 91.0 Å². The van der Waals surface area contributed by atoms with Crippen LogP contribution in [-0.4, -0.2) is 57.1 Å². The fourth-order valence-electron chi connectivity index (χ4n) is 6.04. The van der Waals surface area contributed by atoms with Gasteiger partial charge in [0.05, 0.1) is 34.0 Å². The number of hydrogen-bond donors (Lipinski definition) is 1. The van der Waals surface area contributed by atoms with Gasteiger partial charge in [-0.2, -0.15) is 0 Å². The first kappa shape index (κ1) is 51.5. The van der Waals surface area contributed by atoms with Gasteiger partial charge in [0.1, 0.15) is 17.2 Å². The Morgan fingerprint density at radius 3 is 1.09 bits per heavy atom. The molecule has 9 heteroatoms. The molecule has 0 aromatic heterocycles. The van der Waals surface area contributed by atoms with E-state index in [4.69, 9.17) is 19.3 Å². The van der Waals surface area contributed by atoms with Gasteiger partial charge in [-0.3, -0.25) is 14.4 Å². The summed E-state index contributed by atoms with van der Waals surface area (Å²) in [4.78, 5) is 32.5. The van der Waals surface area contributed by atoms with Crippen LogP contribution in [-0.2, 0) is 23.9 Å². The zero-order valence-electron chi connectivity index (χ0n) is 36.1. The van der Waals surface area contributed by atoms with Crippen LogP contribution in [0.2, 0.25) is 0 Å². The van der Waals surface area contributed by atoms with Crippen molar-refractivity contribution in [3.63, 3.8) is 0 Å². The first-order valence-electron chi connectivity index (χ1n) is 21.6. The van der Waals surface area contributed by atoms with E-state index in [0.717, 1.165) is 94.9 Å². The molecule has 2 atom stereocenters. The van der Waals surface area contributed by atoms with Crippen LogP contribution in [0.3, 0.4) is 0 Å². The van der Waals surface area contributed by atoms with Crippen LogP contribution in [0.4, 0.5) is 0 Å². The SMILES string of the molecule is COC(=O)CC(C)CCCCCCOc1ccccc1.COC(=O)CC(C)CCCCOc1ccccc1.O=C(O)CCCCCCCCCCOc1ccccc1. The highest BCUT2D eigenvalue weighted by molar-refractivity contribution is 5.69. The van der Waals surface area contributed by atoms with Gasteiger partial charge in [0.25, 0.3) is 0 Å². The van der Waals surface area contributed by atoms with Crippen molar-refractivity contribution in [2.24, 2.45) is 11.8 Å². The van der Waals surface area contributed by atoms with Crippen molar-refractivity contribution in [2.75, 3.05) is 34.0 Å². The zero-order chi connectivity index (χ0) is 42.3. The number of para-hydroxylation sites is 3. The minimum atomic E-state index is -0.677. The zero-order valence-corrected chi connectivity index (χ0v) is 36.1. The Balaban J connectivity index is 0.000000436. The van der Waals surface area contributed by atoms with Gasteiger partial charge in [-0.1, -0.05) is 139 Å². The number of esters is 2. The average Bonchev–Trinajstić information content (AvgIpc) is 3.23. The number of methoxy groups -OCH3 is 2. The Kier molecular flexibility index (Phi) is 32.7. The molecule has 1 N–H and O–H groups in total. The molecule has 0 aliphatic heterocycles. The van der Waals surface area contributed by atoms with E-state index in [9.17, 15) is 14.4 Å². The second kappa shape index (κ2) is 36.8. The van der Waals surface area contributed by atoms with E-state index in [1.807, 2.05) is 91.0 Å². The third kappa shape index (κ3) is 32.5. The maximum absolute atomic E-state index is 11.1. The summed E-state index contributed by atoms with van der Waals surface area (Å²) in [5.41, 5.74) is 0. The monoisotopic (exact) mass is 807 g/mol. The van der Waals surface area contributed by atoms with Gasteiger partial charge in [-0.15, -0.1) is 0 Å². The molecule has 3 aromatic rings. The van der Waals surface area contributed by atoms with Gasteiger partial charge in [0.2, 0.25) is 0 Å². The van der Waals surface area contributed by atoms with Crippen molar-refractivity contribution in [1.29, 1.82) is 0 Å². The third-order valence-electron chi connectivity index (χ3n) is 9.49. The van der Waals surface area contributed by atoms with E-state index in [-0.39, 0.29) is 11.9 Å². The quantitative estimate of drug-likeness (QED) is 0.0519. The first-order chi connectivity index (χ1) is 28.2. The van der Waals surface area contributed by atoms with Crippen molar-refractivity contribution in [2.45, 2.75) is 136 Å². The smallest absolute Gasteiger partial charge is 0.305 e. The number of aliphatic carboxylic acids is 1.